The second-order valence-corrected chi connectivity index (χ2v) is 9.95. The van der Waals surface area contributed by atoms with Gasteiger partial charge in [0.15, 0.2) is 0 Å². The van der Waals surface area contributed by atoms with E-state index in [1.54, 1.807) is 0 Å². The van der Waals surface area contributed by atoms with Crippen molar-refractivity contribution in [2.45, 2.75) is 90.3 Å². The molecule has 2 heterocycles. The maximum absolute atomic E-state index is 12.7. The number of carbonyl (C=O) groups excluding carboxylic acids is 2. The molecule has 160 valence electrons. The minimum atomic E-state index is -0.145. The van der Waals surface area contributed by atoms with Gasteiger partial charge in [-0.25, -0.2) is 0 Å². The lowest BCUT2D eigenvalue weighted by atomic mass is 9.82. The molecule has 0 aromatic carbocycles. The number of nitrogens with one attached hydrogen (secondary N) is 2. The molecule has 0 aromatic heterocycles. The van der Waals surface area contributed by atoms with Crippen molar-refractivity contribution in [3.05, 3.63) is 0 Å². The molecule has 2 aliphatic heterocycles. The quantitative estimate of drug-likeness (QED) is 0.726. The molecule has 0 spiro atoms. The smallest absolute Gasteiger partial charge is 0.223 e. The lowest BCUT2D eigenvalue weighted by Crippen LogP contribution is -2.57. The highest BCUT2D eigenvalue weighted by molar-refractivity contribution is 5.79. The minimum Gasteiger partial charge on any atom is -0.379 e. The number of ether oxygens (including phenoxy) is 2. The van der Waals surface area contributed by atoms with Gasteiger partial charge in [0.05, 0.1) is 31.4 Å². The van der Waals surface area contributed by atoms with E-state index in [0.29, 0.717) is 19.6 Å². The average Bonchev–Trinajstić information content (AvgIpc) is 3.01. The zero-order valence-corrected chi connectivity index (χ0v) is 17.8. The number of amides is 2. The van der Waals surface area contributed by atoms with Gasteiger partial charge in [0.25, 0.3) is 0 Å². The Labute approximate surface area is 169 Å². The van der Waals surface area contributed by atoms with Crippen LogP contribution in [0.5, 0.6) is 0 Å². The van der Waals surface area contributed by atoms with Gasteiger partial charge in [-0.15, -0.1) is 0 Å². The third-order valence-corrected chi connectivity index (χ3v) is 6.60. The molecule has 3 atom stereocenters. The summed E-state index contributed by atoms with van der Waals surface area (Å²) in [6.45, 7) is 8.52. The number of carbonyl (C=O) groups is 2. The molecule has 3 rings (SSSR count). The molecular formula is C22H38N2O4. The summed E-state index contributed by atoms with van der Waals surface area (Å²) in [5.74, 6) is 1.03. The van der Waals surface area contributed by atoms with E-state index in [1.807, 2.05) is 0 Å². The predicted molar refractivity (Wildman–Crippen MR) is 108 cm³/mol. The van der Waals surface area contributed by atoms with E-state index in [1.165, 1.54) is 0 Å². The Balaban J connectivity index is 1.43. The summed E-state index contributed by atoms with van der Waals surface area (Å²) in [6.07, 6.45) is 7.35. The average molecular weight is 395 g/mol. The lowest BCUT2D eigenvalue weighted by Gasteiger charge is -2.34. The largest absolute Gasteiger partial charge is 0.379 e. The van der Waals surface area contributed by atoms with Gasteiger partial charge in [0, 0.05) is 18.9 Å². The molecule has 28 heavy (non-hydrogen) atoms. The Morgan fingerprint density at radius 2 is 1.79 bits per heavy atom. The molecule has 3 aliphatic rings. The molecule has 2 amide bonds. The number of hydrogen-bond acceptors (Lipinski definition) is 4. The molecular weight excluding hydrogens is 356 g/mol. The molecule has 0 radical (unpaired) electrons. The van der Waals surface area contributed by atoms with Crippen LogP contribution in [-0.4, -0.2) is 49.8 Å². The van der Waals surface area contributed by atoms with E-state index >= 15 is 0 Å². The van der Waals surface area contributed by atoms with Crippen LogP contribution < -0.4 is 10.6 Å². The topological polar surface area (TPSA) is 76.7 Å². The summed E-state index contributed by atoms with van der Waals surface area (Å²) in [6, 6.07) is -0.181. The Morgan fingerprint density at radius 1 is 1.04 bits per heavy atom. The van der Waals surface area contributed by atoms with Gasteiger partial charge < -0.3 is 20.1 Å². The molecule has 1 saturated carbocycles. The fraction of sp³-hybridized carbons (Fsp3) is 0.909. The van der Waals surface area contributed by atoms with E-state index < -0.39 is 0 Å². The van der Waals surface area contributed by atoms with E-state index in [2.05, 4.69) is 31.4 Å². The molecule has 2 N–H and O–H groups in total. The van der Waals surface area contributed by atoms with Crippen molar-refractivity contribution >= 4 is 11.8 Å². The van der Waals surface area contributed by atoms with E-state index in [0.717, 1.165) is 57.5 Å². The van der Waals surface area contributed by atoms with Crippen molar-refractivity contribution in [3.63, 3.8) is 0 Å². The molecule has 6 heteroatoms. The van der Waals surface area contributed by atoms with Crippen LogP contribution in [0.3, 0.4) is 0 Å². The molecule has 1 unspecified atom stereocenters. The van der Waals surface area contributed by atoms with Gasteiger partial charge in [0.1, 0.15) is 0 Å². The van der Waals surface area contributed by atoms with Crippen LogP contribution >= 0.6 is 0 Å². The number of hydrogen-bond donors (Lipinski definition) is 2. The minimum absolute atomic E-state index is 0.0227. The normalized spacial score (nSPS) is 35.3. The molecule has 2 saturated heterocycles. The standard InChI is InChI=1S/C22H38N2O4/c1-15-4-6-16(7-5-15)21(26)24-18-10-11-27-13-19(18)23-20(25)9-8-17-12-22(2,3)14-28-17/h15-19H,4-14H2,1-3H3,(H,23,25)(H,24,26)/t15?,16?,17?,18-,19+/m1/s1. The monoisotopic (exact) mass is 394 g/mol. The fourth-order valence-electron chi connectivity index (χ4n) is 4.71. The Kier molecular flexibility index (Phi) is 7.37. The first-order valence-corrected chi connectivity index (χ1v) is 11.1. The van der Waals surface area contributed by atoms with Crippen LogP contribution in [-0.2, 0) is 19.1 Å². The van der Waals surface area contributed by atoms with Crippen LogP contribution in [0.2, 0.25) is 0 Å². The zero-order valence-electron chi connectivity index (χ0n) is 17.8. The Bertz CT molecular complexity index is 543. The fourth-order valence-corrected chi connectivity index (χ4v) is 4.71. The molecule has 0 bridgehead atoms. The second kappa shape index (κ2) is 9.57. The maximum atomic E-state index is 12.7. The van der Waals surface area contributed by atoms with E-state index in [4.69, 9.17) is 9.47 Å². The predicted octanol–water partition coefficient (Wildman–Crippen LogP) is 2.80. The zero-order chi connectivity index (χ0) is 20.1. The van der Waals surface area contributed by atoms with Crippen LogP contribution in [0.15, 0.2) is 0 Å². The highest BCUT2D eigenvalue weighted by Gasteiger charge is 2.34. The summed E-state index contributed by atoms with van der Waals surface area (Å²) in [7, 11) is 0. The third kappa shape index (κ3) is 6.18. The van der Waals surface area contributed by atoms with Gasteiger partial charge in [-0.2, -0.15) is 0 Å². The lowest BCUT2D eigenvalue weighted by molar-refractivity contribution is -0.129. The Hall–Kier alpha value is -1.14. The second-order valence-electron chi connectivity index (χ2n) is 9.95. The molecule has 3 fully saturated rings. The summed E-state index contributed by atoms with van der Waals surface area (Å²) in [5.41, 5.74) is 0.213. The van der Waals surface area contributed by atoms with Gasteiger partial charge >= 0.3 is 0 Å². The summed E-state index contributed by atoms with van der Waals surface area (Å²) in [4.78, 5) is 25.1. The summed E-state index contributed by atoms with van der Waals surface area (Å²) < 4.78 is 11.4. The maximum Gasteiger partial charge on any atom is 0.223 e. The van der Waals surface area contributed by atoms with Crippen molar-refractivity contribution in [1.29, 1.82) is 0 Å². The third-order valence-electron chi connectivity index (χ3n) is 6.60. The SMILES string of the molecule is CC1CCC(C(=O)N[C@@H]2CCOC[C@@H]2NC(=O)CCC2CC(C)(C)CO2)CC1. The van der Waals surface area contributed by atoms with Crippen LogP contribution in [0.25, 0.3) is 0 Å². The van der Waals surface area contributed by atoms with Crippen molar-refractivity contribution < 1.29 is 19.1 Å². The van der Waals surface area contributed by atoms with E-state index in [9.17, 15) is 9.59 Å². The summed E-state index contributed by atoms with van der Waals surface area (Å²) in [5, 5.41) is 6.30. The first-order valence-electron chi connectivity index (χ1n) is 11.1. The van der Waals surface area contributed by atoms with Crippen LogP contribution in [0.4, 0.5) is 0 Å². The summed E-state index contributed by atoms with van der Waals surface area (Å²) >= 11 is 0. The van der Waals surface area contributed by atoms with Gasteiger partial charge in [-0.1, -0.05) is 20.8 Å². The van der Waals surface area contributed by atoms with Crippen molar-refractivity contribution in [2.24, 2.45) is 17.3 Å². The highest BCUT2D eigenvalue weighted by Crippen LogP contribution is 2.33. The number of rotatable bonds is 6. The van der Waals surface area contributed by atoms with Crippen LogP contribution in [0.1, 0.15) is 72.1 Å². The van der Waals surface area contributed by atoms with Gasteiger partial charge in [0.2, 0.25) is 11.8 Å². The van der Waals surface area contributed by atoms with Crippen molar-refractivity contribution in [3.8, 4) is 0 Å². The van der Waals surface area contributed by atoms with E-state index in [-0.39, 0.29) is 41.3 Å². The Morgan fingerprint density at radius 3 is 2.46 bits per heavy atom. The first kappa shape index (κ1) is 21.6. The highest BCUT2D eigenvalue weighted by atomic mass is 16.5. The van der Waals surface area contributed by atoms with Crippen LogP contribution in [0, 0.1) is 17.3 Å². The first-order chi connectivity index (χ1) is 13.3. The molecule has 1 aliphatic carbocycles. The molecule has 6 nitrogen and oxygen atoms in total. The molecule has 0 aromatic rings. The van der Waals surface area contributed by atoms with Crippen molar-refractivity contribution in [1.82, 2.24) is 10.6 Å². The van der Waals surface area contributed by atoms with Crippen molar-refractivity contribution in [2.75, 3.05) is 19.8 Å². The van der Waals surface area contributed by atoms with Gasteiger partial charge in [-0.05, 0) is 56.3 Å². The van der Waals surface area contributed by atoms with Gasteiger partial charge in [-0.3, -0.25) is 9.59 Å².